The number of anilines is 1. The summed E-state index contributed by atoms with van der Waals surface area (Å²) in [4.78, 5) is 23.7. The minimum absolute atomic E-state index is 0.127. The minimum Gasteiger partial charge on any atom is -0.348 e. The highest BCUT2D eigenvalue weighted by Gasteiger charge is 2.28. The highest BCUT2D eigenvalue weighted by molar-refractivity contribution is 5.94. The van der Waals surface area contributed by atoms with E-state index in [4.69, 9.17) is 0 Å². The van der Waals surface area contributed by atoms with Crippen LogP contribution >= 0.6 is 0 Å². The molecule has 1 aliphatic rings. The second kappa shape index (κ2) is 6.82. The molecule has 7 nitrogen and oxygen atoms in total. The summed E-state index contributed by atoms with van der Waals surface area (Å²) in [5.41, 5.74) is 2.64. The molecule has 0 saturated heterocycles. The first-order valence-corrected chi connectivity index (χ1v) is 8.22. The lowest BCUT2D eigenvalue weighted by molar-refractivity contribution is -0.114. The summed E-state index contributed by atoms with van der Waals surface area (Å²) >= 11 is 0. The zero-order valence-electron chi connectivity index (χ0n) is 13.9. The van der Waals surface area contributed by atoms with Gasteiger partial charge >= 0.3 is 0 Å². The van der Waals surface area contributed by atoms with E-state index in [1.54, 1.807) is 16.8 Å². The van der Waals surface area contributed by atoms with E-state index in [2.05, 4.69) is 20.9 Å². The second-order valence-electron chi connectivity index (χ2n) is 6.02. The van der Waals surface area contributed by atoms with Crippen LogP contribution in [-0.2, 0) is 11.2 Å². The number of nitrogens with zero attached hydrogens (tertiary/aromatic N) is 3. The average Bonchev–Trinajstić information content (AvgIpc) is 3.25. The molecule has 0 unspecified atom stereocenters. The number of benzene rings is 1. The molecule has 1 aromatic carbocycles. The van der Waals surface area contributed by atoms with Crippen molar-refractivity contribution in [3.8, 4) is 5.69 Å². The molecule has 1 heterocycles. The largest absolute Gasteiger partial charge is 0.348 e. The van der Waals surface area contributed by atoms with E-state index in [1.165, 1.54) is 6.92 Å². The topological polar surface area (TPSA) is 88.9 Å². The molecule has 7 heteroatoms. The van der Waals surface area contributed by atoms with Gasteiger partial charge in [0.2, 0.25) is 5.91 Å². The third-order valence-electron chi connectivity index (χ3n) is 3.79. The van der Waals surface area contributed by atoms with Crippen molar-refractivity contribution in [1.82, 2.24) is 20.3 Å². The molecular formula is C17H21N5O2. The van der Waals surface area contributed by atoms with Crippen molar-refractivity contribution >= 4 is 17.5 Å². The van der Waals surface area contributed by atoms with E-state index >= 15 is 0 Å². The van der Waals surface area contributed by atoms with Gasteiger partial charge in [0, 0.05) is 18.7 Å². The van der Waals surface area contributed by atoms with Crippen molar-refractivity contribution < 1.29 is 9.59 Å². The van der Waals surface area contributed by atoms with Crippen LogP contribution in [0.25, 0.3) is 5.69 Å². The summed E-state index contributed by atoms with van der Waals surface area (Å²) in [5.74, 6) is -0.255. The maximum atomic E-state index is 12.6. The molecule has 0 aliphatic heterocycles. The Morgan fingerprint density at radius 1 is 1.25 bits per heavy atom. The molecule has 1 aromatic heterocycles. The number of amides is 2. The maximum absolute atomic E-state index is 12.6. The van der Waals surface area contributed by atoms with E-state index in [-0.39, 0.29) is 17.9 Å². The average molecular weight is 327 g/mol. The van der Waals surface area contributed by atoms with Gasteiger partial charge in [-0.3, -0.25) is 9.59 Å². The maximum Gasteiger partial charge on any atom is 0.272 e. The molecule has 1 aliphatic carbocycles. The molecule has 0 radical (unpaired) electrons. The first-order chi connectivity index (χ1) is 11.6. The Hall–Kier alpha value is -2.70. The Balaban J connectivity index is 1.91. The van der Waals surface area contributed by atoms with Crippen LogP contribution in [0.1, 0.15) is 49.3 Å². The minimum atomic E-state index is -0.128. The van der Waals surface area contributed by atoms with Crippen molar-refractivity contribution in [3.63, 3.8) is 0 Å². The van der Waals surface area contributed by atoms with Crippen molar-refractivity contribution in [1.29, 1.82) is 0 Å². The summed E-state index contributed by atoms with van der Waals surface area (Å²) in [6, 6.07) is 7.45. The first-order valence-electron chi connectivity index (χ1n) is 8.22. The highest BCUT2D eigenvalue weighted by atomic mass is 16.2. The van der Waals surface area contributed by atoms with E-state index < -0.39 is 0 Å². The van der Waals surface area contributed by atoms with Crippen molar-refractivity contribution in [3.05, 3.63) is 35.7 Å². The highest BCUT2D eigenvalue weighted by Crippen LogP contribution is 2.21. The van der Waals surface area contributed by atoms with Crippen molar-refractivity contribution in [2.75, 3.05) is 5.32 Å². The molecule has 3 rings (SSSR count). The molecule has 0 bridgehead atoms. The fraction of sp³-hybridized carbons (Fsp3) is 0.412. The molecule has 126 valence electrons. The Kier molecular flexibility index (Phi) is 4.59. The molecule has 2 amide bonds. The number of hydrogen-bond donors (Lipinski definition) is 2. The molecule has 1 saturated carbocycles. The summed E-state index contributed by atoms with van der Waals surface area (Å²) in [6.07, 6.45) is 3.66. The molecule has 0 atom stereocenters. The van der Waals surface area contributed by atoms with Crippen LogP contribution in [0.2, 0.25) is 0 Å². The Morgan fingerprint density at radius 2 is 1.96 bits per heavy atom. The van der Waals surface area contributed by atoms with Crippen LogP contribution in [0.5, 0.6) is 0 Å². The fourth-order valence-corrected chi connectivity index (χ4v) is 2.50. The summed E-state index contributed by atoms with van der Waals surface area (Å²) in [7, 11) is 0. The number of carbonyl (C=O) groups excluding carboxylic acids is 2. The van der Waals surface area contributed by atoms with Crippen LogP contribution in [0, 0.1) is 0 Å². The van der Waals surface area contributed by atoms with Crippen LogP contribution in [-0.4, -0.2) is 32.9 Å². The van der Waals surface area contributed by atoms with Crippen LogP contribution in [0.3, 0.4) is 0 Å². The molecule has 2 N–H and O–H groups in total. The molecular weight excluding hydrogens is 306 g/mol. The lowest BCUT2D eigenvalue weighted by atomic mass is 10.2. The van der Waals surface area contributed by atoms with Crippen LogP contribution in [0.15, 0.2) is 24.3 Å². The lowest BCUT2D eigenvalue weighted by Crippen LogP contribution is -2.28. The van der Waals surface area contributed by atoms with Crippen LogP contribution in [0.4, 0.5) is 5.69 Å². The van der Waals surface area contributed by atoms with Gasteiger partial charge in [0.25, 0.3) is 5.91 Å². The smallest absolute Gasteiger partial charge is 0.272 e. The predicted octanol–water partition coefficient (Wildman–Crippen LogP) is 2.07. The standard InChI is InChI=1S/C17H21N5O2/c1-3-4-15-16(17(24)19-13-5-6-13)22(21-20-15)14-9-7-12(8-10-14)18-11(2)23/h7-10,13H,3-6H2,1-2H3,(H,18,23)(H,19,24). The molecule has 1 fully saturated rings. The number of aromatic nitrogens is 3. The zero-order chi connectivity index (χ0) is 17.1. The number of hydrogen-bond acceptors (Lipinski definition) is 4. The van der Waals surface area contributed by atoms with Crippen molar-refractivity contribution in [2.45, 2.75) is 45.6 Å². The van der Waals surface area contributed by atoms with E-state index in [0.717, 1.165) is 24.9 Å². The van der Waals surface area contributed by atoms with Gasteiger partial charge in [-0.2, -0.15) is 0 Å². The normalized spacial score (nSPS) is 13.6. The third kappa shape index (κ3) is 3.61. The van der Waals surface area contributed by atoms with Gasteiger partial charge in [-0.05, 0) is 43.5 Å². The number of carbonyl (C=O) groups is 2. The summed E-state index contributed by atoms with van der Waals surface area (Å²) in [5, 5.41) is 14.1. The zero-order valence-corrected chi connectivity index (χ0v) is 13.9. The lowest BCUT2D eigenvalue weighted by Gasteiger charge is -2.09. The summed E-state index contributed by atoms with van der Waals surface area (Å²) < 4.78 is 1.57. The van der Waals surface area contributed by atoms with E-state index in [9.17, 15) is 9.59 Å². The third-order valence-corrected chi connectivity index (χ3v) is 3.79. The van der Waals surface area contributed by atoms with Gasteiger partial charge in [0.1, 0.15) is 0 Å². The monoisotopic (exact) mass is 327 g/mol. The van der Waals surface area contributed by atoms with Gasteiger partial charge in [-0.15, -0.1) is 5.10 Å². The number of aryl methyl sites for hydroxylation is 1. The van der Waals surface area contributed by atoms with Gasteiger partial charge in [-0.1, -0.05) is 18.6 Å². The van der Waals surface area contributed by atoms with E-state index in [0.29, 0.717) is 23.5 Å². The first kappa shape index (κ1) is 16.2. The van der Waals surface area contributed by atoms with Crippen molar-refractivity contribution in [2.24, 2.45) is 0 Å². The van der Waals surface area contributed by atoms with E-state index in [1.807, 2.05) is 19.1 Å². The molecule has 2 aromatic rings. The quantitative estimate of drug-likeness (QED) is 0.850. The predicted molar refractivity (Wildman–Crippen MR) is 90.1 cm³/mol. The Morgan fingerprint density at radius 3 is 2.54 bits per heavy atom. The van der Waals surface area contributed by atoms with Gasteiger partial charge in [0.05, 0.1) is 11.4 Å². The summed E-state index contributed by atoms with van der Waals surface area (Å²) in [6.45, 7) is 3.51. The molecule has 0 spiro atoms. The Labute approximate surface area is 140 Å². The fourth-order valence-electron chi connectivity index (χ4n) is 2.50. The van der Waals surface area contributed by atoms with Gasteiger partial charge < -0.3 is 10.6 Å². The van der Waals surface area contributed by atoms with Gasteiger partial charge in [-0.25, -0.2) is 4.68 Å². The molecule has 24 heavy (non-hydrogen) atoms. The van der Waals surface area contributed by atoms with Crippen LogP contribution < -0.4 is 10.6 Å². The SMILES string of the molecule is CCCc1nnn(-c2ccc(NC(C)=O)cc2)c1C(=O)NC1CC1. The Bertz CT molecular complexity index is 747. The number of nitrogens with one attached hydrogen (secondary N) is 2. The second-order valence-corrected chi connectivity index (χ2v) is 6.02. The number of rotatable bonds is 6. The van der Waals surface area contributed by atoms with Gasteiger partial charge in [0.15, 0.2) is 5.69 Å².